The molecule has 2 N–H and O–H groups in total. The van der Waals surface area contributed by atoms with Gasteiger partial charge in [0.1, 0.15) is 0 Å². The molecule has 144 valence electrons. The first kappa shape index (κ1) is 17.4. The van der Waals surface area contributed by atoms with Gasteiger partial charge in [-0.1, -0.05) is 24.3 Å². The van der Waals surface area contributed by atoms with Gasteiger partial charge in [0.05, 0.1) is 16.8 Å². The molecule has 0 bridgehead atoms. The summed E-state index contributed by atoms with van der Waals surface area (Å²) in [6.45, 7) is 0. The third kappa shape index (κ3) is 2.68. The maximum absolute atomic E-state index is 13.2. The Bertz CT molecular complexity index is 1380. The van der Waals surface area contributed by atoms with E-state index in [0.717, 1.165) is 11.1 Å². The van der Waals surface area contributed by atoms with Crippen molar-refractivity contribution in [3.05, 3.63) is 72.6 Å². The van der Waals surface area contributed by atoms with Crippen LogP contribution < -0.4 is 9.62 Å². The Kier molecular flexibility index (Phi) is 3.72. The molecule has 3 aromatic carbocycles. The molecule has 0 aliphatic carbocycles. The predicted octanol–water partition coefficient (Wildman–Crippen LogP) is 3.62. The number of sulfonamides is 1. The highest BCUT2D eigenvalue weighted by molar-refractivity contribution is 7.93. The first-order valence-corrected chi connectivity index (χ1v) is 10.4. The number of carbonyl (C=O) groups is 1. The van der Waals surface area contributed by atoms with E-state index < -0.39 is 10.0 Å². The van der Waals surface area contributed by atoms with Crippen LogP contribution in [0, 0.1) is 0 Å². The van der Waals surface area contributed by atoms with E-state index in [1.54, 1.807) is 68.0 Å². The number of nitrogens with zero attached hydrogens (tertiary/aromatic N) is 2. The molecule has 8 heteroatoms. The highest BCUT2D eigenvalue weighted by Crippen LogP contribution is 2.39. The largest absolute Gasteiger partial charge is 0.311 e. The highest BCUT2D eigenvalue weighted by atomic mass is 32.2. The number of hydrogen-bond donors (Lipinski definition) is 2. The zero-order valence-corrected chi connectivity index (χ0v) is 16.2. The van der Waals surface area contributed by atoms with Crippen molar-refractivity contribution in [2.75, 3.05) is 16.7 Å². The molecular formula is C21H16N4O3S. The van der Waals surface area contributed by atoms with Gasteiger partial charge in [0, 0.05) is 40.8 Å². The minimum atomic E-state index is -3.87. The Morgan fingerprint density at radius 2 is 1.86 bits per heavy atom. The standard InChI is InChI=1S/C21H16N4O3S/c1-25-18-8-9-19(16-6-3-7-17(20(16)18)21(25)26)29(27,28)24-15-5-2-4-13(10-15)14-11-22-23-12-14/h2-12,24H,1H3,(H,22,23). The normalized spacial score (nSPS) is 13.3. The lowest BCUT2D eigenvalue weighted by Crippen LogP contribution is -2.20. The second kappa shape index (κ2) is 6.18. The number of rotatable bonds is 4. The molecule has 2 heterocycles. The molecule has 0 atom stereocenters. The number of carbonyl (C=O) groups excluding carboxylic acids is 1. The SMILES string of the molecule is CN1C(=O)c2cccc3c(S(=O)(=O)Nc4cccc(-c5cn[nH]c5)c4)ccc1c23. The second-order valence-electron chi connectivity index (χ2n) is 6.85. The van der Waals surface area contributed by atoms with Gasteiger partial charge in [0.2, 0.25) is 0 Å². The van der Waals surface area contributed by atoms with Gasteiger partial charge in [-0.15, -0.1) is 0 Å². The summed E-state index contributed by atoms with van der Waals surface area (Å²) < 4.78 is 29.0. The molecule has 0 unspecified atom stereocenters. The van der Waals surface area contributed by atoms with Gasteiger partial charge < -0.3 is 4.90 Å². The van der Waals surface area contributed by atoms with Crippen molar-refractivity contribution < 1.29 is 13.2 Å². The van der Waals surface area contributed by atoms with Crippen LogP contribution >= 0.6 is 0 Å². The lowest BCUT2D eigenvalue weighted by molar-refractivity contribution is 0.0999. The maximum atomic E-state index is 13.2. The summed E-state index contributed by atoms with van der Waals surface area (Å²) in [7, 11) is -2.18. The van der Waals surface area contributed by atoms with E-state index in [9.17, 15) is 13.2 Å². The van der Waals surface area contributed by atoms with Crippen molar-refractivity contribution in [2.45, 2.75) is 4.90 Å². The van der Waals surface area contributed by atoms with Gasteiger partial charge in [0.15, 0.2) is 0 Å². The summed E-state index contributed by atoms with van der Waals surface area (Å²) in [4.78, 5) is 14.1. The van der Waals surface area contributed by atoms with Crippen molar-refractivity contribution in [1.29, 1.82) is 0 Å². The van der Waals surface area contributed by atoms with Crippen LogP contribution in [-0.4, -0.2) is 31.6 Å². The van der Waals surface area contributed by atoms with Crippen molar-refractivity contribution >= 4 is 38.1 Å². The van der Waals surface area contributed by atoms with E-state index in [0.29, 0.717) is 27.7 Å². The van der Waals surface area contributed by atoms with Crippen LogP contribution in [0.15, 0.2) is 71.9 Å². The lowest BCUT2D eigenvalue weighted by Gasteiger charge is -2.13. The predicted molar refractivity (Wildman–Crippen MR) is 112 cm³/mol. The molecule has 1 aliphatic heterocycles. The van der Waals surface area contributed by atoms with Crippen LogP contribution in [0.25, 0.3) is 21.9 Å². The number of aromatic nitrogens is 2. The summed E-state index contributed by atoms with van der Waals surface area (Å²) in [5, 5.41) is 7.86. The molecule has 0 radical (unpaired) electrons. The molecule has 0 spiro atoms. The van der Waals surface area contributed by atoms with Crippen molar-refractivity contribution in [1.82, 2.24) is 10.2 Å². The third-order valence-corrected chi connectivity index (χ3v) is 6.55. The van der Waals surface area contributed by atoms with E-state index in [1.807, 2.05) is 6.07 Å². The minimum Gasteiger partial charge on any atom is -0.311 e. The monoisotopic (exact) mass is 404 g/mol. The first-order chi connectivity index (χ1) is 14.0. The maximum Gasteiger partial charge on any atom is 0.262 e. The Labute approximate surface area is 167 Å². The van der Waals surface area contributed by atoms with Crippen LogP contribution in [0.3, 0.4) is 0 Å². The van der Waals surface area contributed by atoms with E-state index in [-0.39, 0.29) is 10.8 Å². The number of nitrogens with one attached hydrogen (secondary N) is 2. The molecule has 0 fully saturated rings. The summed E-state index contributed by atoms with van der Waals surface area (Å²) in [5.74, 6) is -0.138. The molecule has 7 nitrogen and oxygen atoms in total. The van der Waals surface area contributed by atoms with Gasteiger partial charge in [-0.05, 0) is 35.9 Å². The van der Waals surface area contributed by atoms with Crippen molar-refractivity contribution in [3.63, 3.8) is 0 Å². The summed E-state index contributed by atoms with van der Waals surface area (Å²) in [6.07, 6.45) is 3.41. The van der Waals surface area contributed by atoms with Gasteiger partial charge in [0.25, 0.3) is 15.9 Å². The summed E-state index contributed by atoms with van der Waals surface area (Å²) in [5.41, 5.74) is 3.37. The quantitative estimate of drug-likeness (QED) is 0.543. The summed E-state index contributed by atoms with van der Waals surface area (Å²) >= 11 is 0. The van der Waals surface area contributed by atoms with E-state index in [4.69, 9.17) is 0 Å². The zero-order valence-electron chi connectivity index (χ0n) is 15.4. The fourth-order valence-electron chi connectivity index (χ4n) is 3.72. The molecular weight excluding hydrogens is 388 g/mol. The Hall–Kier alpha value is -3.65. The number of H-pyrrole nitrogens is 1. The Morgan fingerprint density at radius 3 is 2.66 bits per heavy atom. The average Bonchev–Trinajstić information content (AvgIpc) is 3.33. The Balaban J connectivity index is 1.60. The number of anilines is 2. The van der Waals surface area contributed by atoms with Crippen molar-refractivity contribution in [3.8, 4) is 11.1 Å². The average molecular weight is 404 g/mol. The highest BCUT2D eigenvalue weighted by Gasteiger charge is 2.30. The van der Waals surface area contributed by atoms with Crippen LogP contribution in [-0.2, 0) is 10.0 Å². The van der Waals surface area contributed by atoms with E-state index >= 15 is 0 Å². The summed E-state index contributed by atoms with van der Waals surface area (Å²) in [6, 6.07) is 15.5. The fraction of sp³-hybridized carbons (Fsp3) is 0.0476. The molecule has 1 aromatic heterocycles. The molecule has 1 amide bonds. The molecule has 1 aliphatic rings. The minimum absolute atomic E-state index is 0.134. The van der Waals surface area contributed by atoms with Gasteiger partial charge >= 0.3 is 0 Å². The van der Waals surface area contributed by atoms with Crippen molar-refractivity contribution in [2.24, 2.45) is 0 Å². The van der Waals surface area contributed by atoms with E-state index in [1.165, 1.54) is 4.90 Å². The molecule has 0 saturated heterocycles. The number of aromatic amines is 1. The molecule has 0 saturated carbocycles. The lowest BCUT2D eigenvalue weighted by atomic mass is 10.1. The Morgan fingerprint density at radius 1 is 1.03 bits per heavy atom. The van der Waals surface area contributed by atoms with Crippen LogP contribution in [0.1, 0.15) is 10.4 Å². The number of hydrogen-bond acceptors (Lipinski definition) is 4. The topological polar surface area (TPSA) is 95.2 Å². The van der Waals surface area contributed by atoms with Gasteiger partial charge in [-0.2, -0.15) is 5.10 Å². The van der Waals surface area contributed by atoms with Crippen LogP contribution in [0.5, 0.6) is 0 Å². The van der Waals surface area contributed by atoms with Crippen LogP contribution in [0.4, 0.5) is 11.4 Å². The second-order valence-corrected chi connectivity index (χ2v) is 8.50. The smallest absolute Gasteiger partial charge is 0.262 e. The van der Waals surface area contributed by atoms with Gasteiger partial charge in [-0.3, -0.25) is 14.6 Å². The zero-order chi connectivity index (χ0) is 20.2. The molecule has 4 aromatic rings. The van der Waals surface area contributed by atoms with E-state index in [2.05, 4.69) is 14.9 Å². The van der Waals surface area contributed by atoms with Crippen LogP contribution in [0.2, 0.25) is 0 Å². The molecule has 29 heavy (non-hydrogen) atoms. The fourth-order valence-corrected chi connectivity index (χ4v) is 4.98. The number of benzene rings is 3. The number of amides is 1. The third-order valence-electron chi connectivity index (χ3n) is 5.11. The molecule has 5 rings (SSSR count). The van der Waals surface area contributed by atoms with Gasteiger partial charge in [-0.25, -0.2) is 8.42 Å². The first-order valence-electron chi connectivity index (χ1n) is 8.91.